The van der Waals surface area contributed by atoms with E-state index in [9.17, 15) is 4.79 Å². The van der Waals surface area contributed by atoms with Crippen LogP contribution < -0.4 is 11.3 Å². The summed E-state index contributed by atoms with van der Waals surface area (Å²) in [5.74, 6) is 4.32. The summed E-state index contributed by atoms with van der Waals surface area (Å²) in [6, 6.07) is 0. The number of nitrogens with two attached hydrogens (primary N) is 1. The van der Waals surface area contributed by atoms with Crippen LogP contribution >= 0.6 is 11.6 Å². The number of ether oxygens (including phenoxy) is 1. The first-order chi connectivity index (χ1) is 5.04. The van der Waals surface area contributed by atoms with Crippen LogP contribution in [-0.4, -0.2) is 23.2 Å². The number of hydrazine groups is 1. The Morgan fingerprint density at radius 3 is 2.09 bits per heavy atom. The molecule has 11 heavy (non-hydrogen) atoms. The first-order valence-corrected chi connectivity index (χ1v) is 2.94. The molecular formula is C4H9ClN2O4. The van der Waals surface area contributed by atoms with Crippen LogP contribution in [0.25, 0.3) is 0 Å². The maximum Gasteiger partial charge on any atom is 0.418 e. The van der Waals surface area contributed by atoms with Crippen molar-refractivity contribution in [3.8, 4) is 0 Å². The minimum atomic E-state index is -1.22. The van der Waals surface area contributed by atoms with Gasteiger partial charge in [0.15, 0.2) is 0 Å². The summed E-state index contributed by atoms with van der Waals surface area (Å²) in [5.41, 5.74) is 0.706. The van der Waals surface area contributed by atoms with E-state index in [0.717, 1.165) is 0 Å². The molecule has 0 spiro atoms. The van der Waals surface area contributed by atoms with Gasteiger partial charge in [-0.3, -0.25) is 5.43 Å². The number of rotatable bonds is 1. The topological polar surface area (TPSA) is 102 Å². The molecule has 0 aromatic rings. The molecule has 0 unspecified atom stereocenters. The monoisotopic (exact) mass is 184 g/mol. The quantitative estimate of drug-likeness (QED) is 0.239. The van der Waals surface area contributed by atoms with E-state index in [1.54, 1.807) is 6.92 Å². The summed E-state index contributed by atoms with van der Waals surface area (Å²) >= 11 is 4.72. The van der Waals surface area contributed by atoms with Crippen molar-refractivity contribution in [1.29, 1.82) is 0 Å². The predicted octanol–water partition coefficient (Wildman–Crippen LogP) is 0.509. The van der Waals surface area contributed by atoms with Crippen molar-refractivity contribution in [2.45, 2.75) is 6.92 Å². The zero-order valence-corrected chi connectivity index (χ0v) is 6.59. The highest BCUT2D eigenvalue weighted by Crippen LogP contribution is 1.82. The van der Waals surface area contributed by atoms with Gasteiger partial charge in [-0.2, -0.15) is 0 Å². The SMILES string of the molecule is CCOC(=O)Cl.NNC(=O)O. The summed E-state index contributed by atoms with van der Waals surface area (Å²) in [7, 11) is 0. The Hall–Kier alpha value is -1.01. The Labute approximate surface area is 68.2 Å². The van der Waals surface area contributed by atoms with Gasteiger partial charge in [-0.1, -0.05) is 0 Å². The summed E-state index contributed by atoms with van der Waals surface area (Å²) in [6.07, 6.45) is -1.22. The van der Waals surface area contributed by atoms with Crippen molar-refractivity contribution in [3.05, 3.63) is 0 Å². The third-order valence-electron chi connectivity index (χ3n) is 0.381. The molecule has 0 heterocycles. The third kappa shape index (κ3) is 27.6. The molecule has 1 amide bonds. The Kier molecular flexibility index (Phi) is 10.3. The highest BCUT2D eigenvalue weighted by molar-refractivity contribution is 6.61. The minimum absolute atomic E-state index is 0.350. The number of carbonyl (C=O) groups excluding carboxylic acids is 1. The molecule has 66 valence electrons. The number of halogens is 1. The van der Waals surface area contributed by atoms with Crippen LogP contribution in [0.15, 0.2) is 0 Å². The van der Waals surface area contributed by atoms with Crippen LogP contribution in [0.4, 0.5) is 9.59 Å². The van der Waals surface area contributed by atoms with Gasteiger partial charge in [0.1, 0.15) is 0 Å². The molecule has 4 N–H and O–H groups in total. The lowest BCUT2D eigenvalue weighted by atomic mass is 10.9. The average molecular weight is 185 g/mol. The zero-order valence-electron chi connectivity index (χ0n) is 5.83. The van der Waals surface area contributed by atoms with Crippen LogP contribution in [-0.2, 0) is 4.74 Å². The van der Waals surface area contributed by atoms with E-state index in [1.165, 1.54) is 5.43 Å². The lowest BCUT2D eigenvalue weighted by Gasteiger charge is -1.86. The van der Waals surface area contributed by atoms with Gasteiger partial charge in [-0.25, -0.2) is 15.4 Å². The van der Waals surface area contributed by atoms with Crippen LogP contribution in [0.2, 0.25) is 0 Å². The smallest absolute Gasteiger partial charge is 0.418 e. The Bertz CT molecular complexity index is 129. The van der Waals surface area contributed by atoms with Gasteiger partial charge < -0.3 is 9.84 Å². The highest BCUT2D eigenvalue weighted by Gasteiger charge is 1.86. The predicted molar refractivity (Wildman–Crippen MR) is 38.2 cm³/mol. The zero-order chi connectivity index (χ0) is 9.28. The van der Waals surface area contributed by atoms with E-state index in [0.29, 0.717) is 6.61 Å². The second-order valence-electron chi connectivity index (χ2n) is 1.12. The van der Waals surface area contributed by atoms with E-state index >= 15 is 0 Å². The third-order valence-corrected chi connectivity index (χ3v) is 0.490. The number of carboxylic acid groups (broad SMARTS) is 1. The van der Waals surface area contributed by atoms with Crippen molar-refractivity contribution in [1.82, 2.24) is 5.43 Å². The van der Waals surface area contributed by atoms with E-state index in [-0.39, 0.29) is 0 Å². The van der Waals surface area contributed by atoms with Crippen LogP contribution in [0.3, 0.4) is 0 Å². The molecule has 7 heteroatoms. The molecule has 0 radical (unpaired) electrons. The minimum Gasteiger partial charge on any atom is -0.464 e. The van der Waals surface area contributed by atoms with Gasteiger partial charge in [0.05, 0.1) is 6.61 Å². The number of nitrogens with one attached hydrogen (secondary N) is 1. The summed E-state index contributed by atoms with van der Waals surface area (Å²) in [6.45, 7) is 2.04. The molecule has 0 aliphatic rings. The largest absolute Gasteiger partial charge is 0.464 e. The fourth-order valence-electron chi connectivity index (χ4n) is 0.113. The molecule has 6 nitrogen and oxygen atoms in total. The van der Waals surface area contributed by atoms with Gasteiger partial charge >= 0.3 is 11.5 Å². The van der Waals surface area contributed by atoms with Crippen molar-refractivity contribution in [2.24, 2.45) is 5.84 Å². The summed E-state index contributed by atoms with van der Waals surface area (Å²) < 4.78 is 4.17. The second kappa shape index (κ2) is 8.99. The van der Waals surface area contributed by atoms with Crippen molar-refractivity contribution < 1.29 is 19.4 Å². The Balaban J connectivity index is 0. The van der Waals surface area contributed by atoms with Crippen LogP contribution in [0.1, 0.15) is 6.92 Å². The van der Waals surface area contributed by atoms with Crippen molar-refractivity contribution in [3.63, 3.8) is 0 Å². The van der Waals surface area contributed by atoms with Gasteiger partial charge in [-0.15, -0.1) is 0 Å². The lowest BCUT2D eigenvalue weighted by molar-refractivity contribution is 0.180. The molecule has 0 rings (SSSR count). The fourth-order valence-corrected chi connectivity index (χ4v) is 0.223. The average Bonchev–Trinajstić information content (AvgIpc) is 1.89. The van der Waals surface area contributed by atoms with Crippen LogP contribution in [0.5, 0.6) is 0 Å². The van der Waals surface area contributed by atoms with Gasteiger partial charge in [0, 0.05) is 11.6 Å². The second-order valence-corrected chi connectivity index (χ2v) is 1.43. The Morgan fingerprint density at radius 2 is 2.09 bits per heavy atom. The molecule has 0 fully saturated rings. The number of hydrogen-bond donors (Lipinski definition) is 3. The maximum atomic E-state index is 9.59. The maximum absolute atomic E-state index is 9.59. The van der Waals surface area contributed by atoms with E-state index < -0.39 is 11.5 Å². The molecular weight excluding hydrogens is 176 g/mol. The number of carbonyl (C=O) groups is 2. The van der Waals surface area contributed by atoms with Gasteiger partial charge in [0.25, 0.3) is 0 Å². The van der Waals surface area contributed by atoms with Crippen molar-refractivity contribution >= 4 is 23.1 Å². The van der Waals surface area contributed by atoms with E-state index in [2.05, 4.69) is 10.6 Å². The molecule has 0 bridgehead atoms. The first-order valence-electron chi connectivity index (χ1n) is 2.56. The fraction of sp³-hybridized carbons (Fsp3) is 0.500. The van der Waals surface area contributed by atoms with E-state index in [4.69, 9.17) is 21.5 Å². The van der Waals surface area contributed by atoms with Gasteiger partial charge in [0.2, 0.25) is 0 Å². The molecule has 0 saturated heterocycles. The molecule has 0 aromatic heterocycles. The molecule has 0 aliphatic heterocycles. The molecule has 0 aliphatic carbocycles. The van der Waals surface area contributed by atoms with Crippen LogP contribution in [0, 0.1) is 0 Å². The molecule has 0 atom stereocenters. The Morgan fingerprint density at radius 1 is 1.73 bits per heavy atom. The molecule has 0 saturated carbocycles. The normalized spacial score (nSPS) is 7.18. The summed E-state index contributed by atoms with van der Waals surface area (Å²) in [4.78, 5) is 18.7. The number of amides is 1. The standard InChI is InChI=1S/C3H5ClO2.CH4N2O2/c1-2-6-3(4)5;2-3-1(4)5/h2H2,1H3;3H,2H2,(H,4,5). The molecule has 0 aromatic carbocycles. The summed E-state index contributed by atoms with van der Waals surface area (Å²) in [5, 5.41) is 7.49. The number of hydrogen-bond acceptors (Lipinski definition) is 4. The van der Waals surface area contributed by atoms with E-state index in [1.807, 2.05) is 0 Å². The first kappa shape index (κ1) is 12.6. The van der Waals surface area contributed by atoms with Gasteiger partial charge in [-0.05, 0) is 6.92 Å². The lowest BCUT2D eigenvalue weighted by Crippen LogP contribution is -2.27. The van der Waals surface area contributed by atoms with Crippen molar-refractivity contribution in [2.75, 3.05) is 6.61 Å². The highest BCUT2D eigenvalue weighted by atomic mass is 35.5.